The quantitative estimate of drug-likeness (QED) is 0.232. The van der Waals surface area contributed by atoms with Crippen LogP contribution in [0.4, 0.5) is 0 Å². The van der Waals surface area contributed by atoms with Gasteiger partial charge in [0.05, 0.1) is 0 Å². The van der Waals surface area contributed by atoms with Gasteiger partial charge in [0.15, 0.2) is 0 Å². The summed E-state index contributed by atoms with van der Waals surface area (Å²) in [6.07, 6.45) is 17.7. The fourth-order valence-electron chi connectivity index (χ4n) is 7.21. The normalized spacial score (nSPS) is 26.0. The van der Waals surface area contributed by atoms with Gasteiger partial charge in [0.25, 0.3) is 0 Å². The van der Waals surface area contributed by atoms with Gasteiger partial charge in [-0.05, 0) is 116 Å². The summed E-state index contributed by atoms with van der Waals surface area (Å²) in [6, 6.07) is 14.7. The summed E-state index contributed by atoms with van der Waals surface area (Å²) in [6.45, 7) is 9.51. The molecular weight excluding hydrogens is 424 g/mol. The van der Waals surface area contributed by atoms with Gasteiger partial charge >= 0.3 is 0 Å². The Balaban J connectivity index is 1.34. The third-order valence-electron chi connectivity index (χ3n) is 9.32. The molecule has 0 amide bonds. The Morgan fingerprint density at radius 1 is 0.857 bits per heavy atom. The van der Waals surface area contributed by atoms with E-state index in [1.165, 1.54) is 93.4 Å². The van der Waals surface area contributed by atoms with E-state index in [1.807, 2.05) is 7.11 Å². The maximum Gasteiger partial charge on any atom is 0.0496 e. The summed E-state index contributed by atoms with van der Waals surface area (Å²) >= 11 is 0. The highest BCUT2D eigenvalue weighted by Gasteiger charge is 2.28. The van der Waals surface area contributed by atoms with Crippen molar-refractivity contribution in [2.24, 2.45) is 17.8 Å². The molecule has 1 nitrogen and oxygen atoms in total. The first-order valence-corrected chi connectivity index (χ1v) is 14.7. The van der Waals surface area contributed by atoms with Gasteiger partial charge in [-0.1, -0.05) is 74.6 Å². The summed E-state index contributed by atoms with van der Waals surface area (Å²) in [4.78, 5) is 0. The SMILES string of the molecule is C=C(C)CC(COC)C1CCC(c2ccc3cc(C4CCC(CCCCC)CC4)ccc3c2)CC1. The maximum absolute atomic E-state index is 5.55. The van der Waals surface area contributed by atoms with Crippen molar-refractivity contribution in [3.8, 4) is 0 Å². The molecule has 1 unspecified atom stereocenters. The van der Waals surface area contributed by atoms with Crippen LogP contribution in [0.2, 0.25) is 0 Å². The molecule has 0 aliphatic heterocycles. The lowest BCUT2D eigenvalue weighted by Crippen LogP contribution is -2.24. The molecule has 192 valence electrons. The third kappa shape index (κ3) is 7.22. The fourth-order valence-corrected chi connectivity index (χ4v) is 7.21. The zero-order chi connectivity index (χ0) is 24.6. The zero-order valence-electron chi connectivity index (χ0n) is 22.9. The average Bonchev–Trinajstić information content (AvgIpc) is 2.88. The highest BCUT2D eigenvalue weighted by Crippen LogP contribution is 2.42. The van der Waals surface area contributed by atoms with E-state index in [0.717, 1.165) is 30.8 Å². The van der Waals surface area contributed by atoms with E-state index in [2.05, 4.69) is 56.8 Å². The average molecular weight is 475 g/mol. The largest absolute Gasteiger partial charge is 0.384 e. The van der Waals surface area contributed by atoms with Crippen LogP contribution < -0.4 is 0 Å². The predicted molar refractivity (Wildman–Crippen MR) is 152 cm³/mol. The molecule has 2 aliphatic rings. The molecule has 0 aromatic heterocycles. The van der Waals surface area contributed by atoms with Crippen LogP contribution in [-0.2, 0) is 4.74 Å². The molecule has 0 heterocycles. The zero-order valence-corrected chi connectivity index (χ0v) is 22.9. The molecule has 35 heavy (non-hydrogen) atoms. The molecule has 0 radical (unpaired) electrons. The van der Waals surface area contributed by atoms with Crippen LogP contribution in [0.1, 0.15) is 120 Å². The van der Waals surface area contributed by atoms with E-state index in [9.17, 15) is 0 Å². The Morgan fingerprint density at radius 3 is 1.94 bits per heavy atom. The fraction of sp³-hybridized carbons (Fsp3) is 0.647. The van der Waals surface area contributed by atoms with Crippen molar-refractivity contribution >= 4 is 10.8 Å². The lowest BCUT2D eigenvalue weighted by Gasteiger charge is -2.34. The third-order valence-corrected chi connectivity index (χ3v) is 9.32. The Morgan fingerprint density at radius 2 is 1.43 bits per heavy atom. The van der Waals surface area contributed by atoms with Crippen LogP contribution in [0.25, 0.3) is 10.8 Å². The van der Waals surface area contributed by atoms with Crippen molar-refractivity contribution in [2.45, 2.75) is 109 Å². The van der Waals surface area contributed by atoms with E-state index in [4.69, 9.17) is 4.74 Å². The van der Waals surface area contributed by atoms with Crippen LogP contribution in [-0.4, -0.2) is 13.7 Å². The number of allylic oxidation sites excluding steroid dienone is 1. The minimum atomic E-state index is 0.639. The second-order valence-corrected chi connectivity index (χ2v) is 12.1. The molecule has 1 atom stereocenters. The van der Waals surface area contributed by atoms with E-state index in [-0.39, 0.29) is 0 Å². The van der Waals surface area contributed by atoms with Crippen LogP contribution in [0.3, 0.4) is 0 Å². The molecule has 0 N–H and O–H groups in total. The molecule has 0 saturated heterocycles. The molecule has 1 heteroatoms. The summed E-state index contributed by atoms with van der Waals surface area (Å²) in [7, 11) is 1.84. The molecule has 2 aromatic carbocycles. The van der Waals surface area contributed by atoms with Gasteiger partial charge in [0, 0.05) is 13.7 Å². The van der Waals surface area contributed by atoms with E-state index >= 15 is 0 Å². The van der Waals surface area contributed by atoms with Crippen molar-refractivity contribution in [2.75, 3.05) is 13.7 Å². The minimum Gasteiger partial charge on any atom is -0.384 e. The smallest absolute Gasteiger partial charge is 0.0496 e. The van der Waals surface area contributed by atoms with Gasteiger partial charge in [-0.3, -0.25) is 0 Å². The lowest BCUT2D eigenvalue weighted by molar-refractivity contribution is 0.101. The first-order chi connectivity index (χ1) is 17.1. The Bertz CT molecular complexity index is 927. The van der Waals surface area contributed by atoms with Gasteiger partial charge in [-0.2, -0.15) is 0 Å². The Hall–Kier alpha value is -1.60. The van der Waals surface area contributed by atoms with Gasteiger partial charge in [-0.25, -0.2) is 0 Å². The molecule has 2 saturated carbocycles. The van der Waals surface area contributed by atoms with E-state index in [0.29, 0.717) is 11.8 Å². The van der Waals surface area contributed by atoms with Crippen molar-refractivity contribution in [1.82, 2.24) is 0 Å². The Labute approximate surface area is 215 Å². The summed E-state index contributed by atoms with van der Waals surface area (Å²) in [5.41, 5.74) is 4.43. The highest BCUT2D eigenvalue weighted by molar-refractivity contribution is 5.84. The summed E-state index contributed by atoms with van der Waals surface area (Å²) in [5, 5.41) is 2.87. The van der Waals surface area contributed by atoms with E-state index < -0.39 is 0 Å². The number of hydrogen-bond donors (Lipinski definition) is 0. The summed E-state index contributed by atoms with van der Waals surface area (Å²) < 4.78 is 5.55. The predicted octanol–water partition coefficient (Wildman–Crippen LogP) is 10.2. The minimum absolute atomic E-state index is 0.639. The molecule has 4 rings (SSSR count). The number of hydrogen-bond acceptors (Lipinski definition) is 1. The van der Waals surface area contributed by atoms with Gasteiger partial charge in [0.1, 0.15) is 0 Å². The second kappa shape index (κ2) is 13.1. The monoisotopic (exact) mass is 474 g/mol. The first kappa shape index (κ1) is 26.5. The number of benzene rings is 2. The van der Waals surface area contributed by atoms with Crippen LogP contribution in [0.5, 0.6) is 0 Å². The first-order valence-electron chi connectivity index (χ1n) is 14.7. The molecule has 0 bridgehead atoms. The molecule has 2 aliphatic carbocycles. The van der Waals surface area contributed by atoms with Gasteiger partial charge in [0.2, 0.25) is 0 Å². The topological polar surface area (TPSA) is 9.23 Å². The summed E-state index contributed by atoms with van der Waals surface area (Å²) in [5.74, 6) is 3.90. The van der Waals surface area contributed by atoms with Gasteiger partial charge < -0.3 is 4.74 Å². The van der Waals surface area contributed by atoms with Crippen LogP contribution in [0.15, 0.2) is 48.6 Å². The number of ether oxygens (including phenoxy) is 1. The van der Waals surface area contributed by atoms with E-state index in [1.54, 1.807) is 11.1 Å². The van der Waals surface area contributed by atoms with Crippen LogP contribution in [0, 0.1) is 17.8 Å². The van der Waals surface area contributed by atoms with Crippen LogP contribution >= 0.6 is 0 Å². The number of unbranched alkanes of at least 4 members (excludes halogenated alkanes) is 2. The molecular formula is C34H50O. The van der Waals surface area contributed by atoms with Crippen molar-refractivity contribution in [3.63, 3.8) is 0 Å². The number of rotatable bonds is 11. The van der Waals surface area contributed by atoms with Crippen molar-refractivity contribution in [1.29, 1.82) is 0 Å². The van der Waals surface area contributed by atoms with Crippen molar-refractivity contribution in [3.05, 3.63) is 59.7 Å². The number of methoxy groups -OCH3 is 1. The van der Waals surface area contributed by atoms with Crippen molar-refractivity contribution < 1.29 is 4.74 Å². The molecule has 2 aromatic rings. The maximum atomic E-state index is 5.55. The lowest BCUT2D eigenvalue weighted by atomic mass is 9.72. The highest BCUT2D eigenvalue weighted by atomic mass is 16.5. The Kier molecular flexibility index (Phi) is 9.90. The number of fused-ring (bicyclic) bond motifs is 1. The second-order valence-electron chi connectivity index (χ2n) is 12.1. The molecule has 2 fully saturated rings. The standard InChI is InChI=1S/C34H50O/c1-5-6-7-8-26-9-11-27(12-10-26)30-17-19-33-23-31(18-20-32(33)22-30)28-13-15-29(16-14-28)34(24-35-4)21-25(2)3/h17-20,22-23,26-29,34H,2,5-16,21,24H2,1,3-4H3. The molecule has 0 spiro atoms. The van der Waals surface area contributed by atoms with Gasteiger partial charge in [-0.15, -0.1) is 6.58 Å².